The van der Waals surface area contributed by atoms with Crippen LogP contribution in [0.25, 0.3) is 16.7 Å². The Hall–Kier alpha value is -0.990. The molecule has 0 unspecified atom stereocenters. The van der Waals surface area contributed by atoms with Crippen molar-refractivity contribution in [3.05, 3.63) is 55.3 Å². The first-order valence-electron chi connectivity index (χ1n) is 5.53. The van der Waals surface area contributed by atoms with E-state index >= 15 is 0 Å². The molecule has 0 radical (unpaired) electrons. The van der Waals surface area contributed by atoms with Crippen molar-refractivity contribution in [1.29, 1.82) is 0 Å². The first kappa shape index (κ1) is 14.0. The van der Waals surface area contributed by atoms with Crippen LogP contribution in [-0.4, -0.2) is 9.55 Å². The molecule has 7 heteroatoms. The Bertz CT molecular complexity index is 868. The number of aromatic amines is 1. The van der Waals surface area contributed by atoms with Crippen molar-refractivity contribution in [2.24, 2.45) is 0 Å². The molecule has 1 N–H and O–H groups in total. The number of aromatic nitrogens is 2. The quantitative estimate of drug-likeness (QED) is 0.421. The molecule has 0 amide bonds. The van der Waals surface area contributed by atoms with E-state index in [4.69, 9.17) is 23.8 Å². The van der Waals surface area contributed by atoms with Gasteiger partial charge < -0.3 is 4.98 Å². The number of imidazole rings is 1. The summed E-state index contributed by atoms with van der Waals surface area (Å²) >= 11 is 13.1. The second-order valence-electron chi connectivity index (χ2n) is 4.12. The average molecular weight is 423 g/mol. The Morgan fingerprint density at radius 1 is 1.20 bits per heavy atom. The summed E-state index contributed by atoms with van der Waals surface area (Å²) in [6, 6.07) is 7.27. The zero-order valence-electron chi connectivity index (χ0n) is 9.75. The van der Waals surface area contributed by atoms with E-state index in [0.717, 1.165) is 0 Å². The topological polar surface area (TPSA) is 20.7 Å². The summed E-state index contributed by atoms with van der Waals surface area (Å²) in [5.74, 6) is -0.915. The van der Waals surface area contributed by atoms with Crippen LogP contribution >= 0.6 is 46.4 Å². The number of benzene rings is 2. The highest BCUT2D eigenvalue weighted by Gasteiger charge is 2.15. The molecule has 2 nitrogen and oxygen atoms in total. The van der Waals surface area contributed by atoms with Gasteiger partial charge in [-0.05, 0) is 53.0 Å². The summed E-state index contributed by atoms with van der Waals surface area (Å²) in [4.78, 5) is 2.93. The maximum Gasteiger partial charge on any atom is 0.182 e. The molecule has 3 rings (SSSR count). The highest BCUT2D eigenvalue weighted by atomic mass is 127. The minimum atomic E-state index is -0.520. The Labute approximate surface area is 136 Å². The van der Waals surface area contributed by atoms with Gasteiger partial charge in [-0.1, -0.05) is 17.7 Å². The minimum Gasteiger partial charge on any atom is -0.330 e. The van der Waals surface area contributed by atoms with E-state index in [2.05, 4.69) is 4.98 Å². The summed E-state index contributed by atoms with van der Waals surface area (Å²) in [7, 11) is 0. The SMILES string of the molecule is Fc1cc2c(cc1I)[nH]c(=S)n2-c1c(F)cccc1Cl. The molecule has 1 heterocycles. The number of para-hydroxylation sites is 1. The van der Waals surface area contributed by atoms with E-state index in [1.54, 1.807) is 12.1 Å². The molecule has 3 aromatic rings. The fourth-order valence-electron chi connectivity index (χ4n) is 2.03. The van der Waals surface area contributed by atoms with Crippen LogP contribution in [0.3, 0.4) is 0 Å². The van der Waals surface area contributed by atoms with Crippen LogP contribution in [-0.2, 0) is 0 Å². The molecule has 0 aliphatic rings. The number of hydrogen-bond donors (Lipinski definition) is 1. The van der Waals surface area contributed by atoms with Crippen LogP contribution in [0.2, 0.25) is 5.02 Å². The molecule has 2 aromatic carbocycles. The van der Waals surface area contributed by atoms with Crippen LogP contribution in [0.4, 0.5) is 8.78 Å². The van der Waals surface area contributed by atoms with Crippen molar-refractivity contribution in [1.82, 2.24) is 9.55 Å². The van der Waals surface area contributed by atoms with Crippen molar-refractivity contribution >= 4 is 57.4 Å². The van der Waals surface area contributed by atoms with E-state index < -0.39 is 11.6 Å². The summed E-state index contributed by atoms with van der Waals surface area (Å²) < 4.78 is 29.9. The van der Waals surface area contributed by atoms with Gasteiger partial charge in [0.2, 0.25) is 0 Å². The van der Waals surface area contributed by atoms with Crippen LogP contribution in [0.15, 0.2) is 30.3 Å². The largest absolute Gasteiger partial charge is 0.330 e. The lowest BCUT2D eigenvalue weighted by Gasteiger charge is -2.08. The second kappa shape index (κ2) is 5.09. The maximum absolute atomic E-state index is 14.0. The Morgan fingerprint density at radius 3 is 2.65 bits per heavy atom. The number of hydrogen-bond acceptors (Lipinski definition) is 1. The summed E-state index contributed by atoms with van der Waals surface area (Å²) in [6.07, 6.45) is 0. The fourth-order valence-corrected chi connectivity index (χ4v) is 3.04. The highest BCUT2D eigenvalue weighted by Crippen LogP contribution is 2.29. The van der Waals surface area contributed by atoms with E-state index in [9.17, 15) is 8.78 Å². The van der Waals surface area contributed by atoms with Gasteiger partial charge in [-0.2, -0.15) is 0 Å². The molecule has 102 valence electrons. The summed E-state index contributed by atoms with van der Waals surface area (Å²) in [5, 5.41) is 0.209. The van der Waals surface area contributed by atoms with Crippen molar-refractivity contribution in [3.8, 4) is 5.69 Å². The molecule has 0 fully saturated rings. The lowest BCUT2D eigenvalue weighted by molar-refractivity contribution is 0.616. The molecule has 0 atom stereocenters. The van der Waals surface area contributed by atoms with Gasteiger partial charge in [-0.3, -0.25) is 4.57 Å². The van der Waals surface area contributed by atoms with Gasteiger partial charge in [-0.15, -0.1) is 0 Å². The fraction of sp³-hybridized carbons (Fsp3) is 0. The summed E-state index contributed by atoms with van der Waals surface area (Å²) in [5.41, 5.74) is 1.19. The number of H-pyrrole nitrogens is 1. The third kappa shape index (κ3) is 2.15. The van der Waals surface area contributed by atoms with Crippen LogP contribution in [0.1, 0.15) is 0 Å². The summed E-state index contributed by atoms with van der Waals surface area (Å²) in [6.45, 7) is 0. The van der Waals surface area contributed by atoms with E-state index in [1.807, 2.05) is 22.6 Å². The molecule has 20 heavy (non-hydrogen) atoms. The molecular formula is C13H6ClF2IN2S. The molecular weight excluding hydrogens is 417 g/mol. The van der Waals surface area contributed by atoms with Crippen LogP contribution < -0.4 is 0 Å². The predicted octanol–water partition coefficient (Wildman–Crippen LogP) is 5.22. The van der Waals surface area contributed by atoms with Crippen LogP contribution in [0.5, 0.6) is 0 Å². The van der Waals surface area contributed by atoms with Gasteiger partial charge in [0.25, 0.3) is 0 Å². The predicted molar refractivity (Wildman–Crippen MR) is 86.1 cm³/mol. The van der Waals surface area contributed by atoms with E-state index in [1.165, 1.54) is 22.8 Å². The molecule has 0 bridgehead atoms. The molecule has 0 spiro atoms. The first-order chi connectivity index (χ1) is 9.49. The molecule has 0 saturated heterocycles. The van der Waals surface area contributed by atoms with Gasteiger partial charge in [0.15, 0.2) is 4.77 Å². The maximum atomic E-state index is 14.0. The molecule has 0 aliphatic carbocycles. The number of fused-ring (bicyclic) bond motifs is 1. The molecule has 1 aromatic heterocycles. The number of nitrogens with one attached hydrogen (secondary N) is 1. The standard InChI is InChI=1S/C13H6ClF2IN2S/c14-6-2-1-3-7(15)12(6)19-11-4-8(16)9(17)5-10(11)18-13(19)20/h1-5H,(H,18,20). The highest BCUT2D eigenvalue weighted by molar-refractivity contribution is 14.1. The van der Waals surface area contributed by atoms with Gasteiger partial charge in [0, 0.05) is 6.07 Å². The van der Waals surface area contributed by atoms with Gasteiger partial charge in [0.1, 0.15) is 17.3 Å². The Morgan fingerprint density at radius 2 is 1.95 bits per heavy atom. The zero-order valence-corrected chi connectivity index (χ0v) is 13.5. The van der Waals surface area contributed by atoms with Crippen molar-refractivity contribution in [2.75, 3.05) is 0 Å². The van der Waals surface area contributed by atoms with Gasteiger partial charge in [0.05, 0.1) is 19.6 Å². The Balaban J connectivity index is 2.46. The normalized spacial score (nSPS) is 11.2. The van der Waals surface area contributed by atoms with E-state index in [0.29, 0.717) is 14.6 Å². The van der Waals surface area contributed by atoms with Gasteiger partial charge >= 0.3 is 0 Å². The lowest BCUT2D eigenvalue weighted by atomic mass is 10.2. The van der Waals surface area contributed by atoms with Gasteiger partial charge in [-0.25, -0.2) is 8.78 Å². The second-order valence-corrected chi connectivity index (χ2v) is 6.08. The van der Waals surface area contributed by atoms with Crippen molar-refractivity contribution in [2.45, 2.75) is 0 Å². The first-order valence-corrected chi connectivity index (χ1v) is 7.39. The third-order valence-electron chi connectivity index (χ3n) is 2.89. The van der Waals surface area contributed by atoms with Crippen LogP contribution in [0, 0.1) is 20.0 Å². The lowest BCUT2D eigenvalue weighted by Crippen LogP contribution is -1.99. The number of rotatable bonds is 1. The number of nitrogens with zero attached hydrogens (tertiary/aromatic N) is 1. The van der Waals surface area contributed by atoms with Crippen molar-refractivity contribution < 1.29 is 8.78 Å². The Kier molecular flexibility index (Phi) is 3.55. The monoisotopic (exact) mass is 422 g/mol. The third-order valence-corrected chi connectivity index (χ3v) is 4.30. The zero-order chi connectivity index (χ0) is 14.4. The van der Waals surface area contributed by atoms with Crippen molar-refractivity contribution in [3.63, 3.8) is 0 Å². The molecule has 0 aliphatic heterocycles. The molecule has 0 saturated carbocycles. The van der Waals surface area contributed by atoms with E-state index in [-0.39, 0.29) is 15.5 Å². The smallest absolute Gasteiger partial charge is 0.182 e. The average Bonchev–Trinajstić information content (AvgIpc) is 2.67. The minimum absolute atomic E-state index is 0.117. The number of halogens is 4.